The molecule has 7 nitrogen and oxygen atoms in total. The fourth-order valence-electron chi connectivity index (χ4n) is 3.41. The molecule has 31 heavy (non-hydrogen) atoms. The topological polar surface area (TPSA) is 75.4 Å². The molecule has 0 atom stereocenters. The van der Waals surface area contributed by atoms with Crippen LogP contribution in [0.5, 0.6) is 0 Å². The van der Waals surface area contributed by atoms with Crippen molar-refractivity contribution in [1.29, 1.82) is 0 Å². The Bertz CT molecular complexity index is 1180. The third-order valence-electron chi connectivity index (χ3n) is 5.02. The van der Waals surface area contributed by atoms with E-state index in [0.29, 0.717) is 42.1 Å². The Morgan fingerprint density at radius 3 is 2.74 bits per heavy atom. The zero-order valence-electron chi connectivity index (χ0n) is 16.4. The molecule has 0 spiro atoms. The Kier molecular flexibility index (Phi) is 5.82. The standard InChI is InChI=1S/C21H18ClN5O2S2/c22-15-4-1-3-14(11-15)20-23-16(13-31-20)21(28)27-8-6-26(7-9-27)12-18-24-19(25-29-18)17-5-2-10-30-17/h1-5,10-11,13H,6-9,12H2. The predicted molar refractivity (Wildman–Crippen MR) is 121 cm³/mol. The van der Waals surface area contributed by atoms with Crippen molar-refractivity contribution in [2.45, 2.75) is 6.54 Å². The SMILES string of the molecule is O=C(c1csc(-c2cccc(Cl)c2)n1)N1CCN(Cc2nc(-c3cccs3)no2)CC1. The van der Waals surface area contributed by atoms with E-state index in [9.17, 15) is 4.79 Å². The van der Waals surface area contributed by atoms with Crippen molar-refractivity contribution in [3.05, 3.63) is 63.8 Å². The number of thiazole rings is 1. The number of carbonyl (C=O) groups excluding carboxylic acids is 1. The number of piperazine rings is 1. The van der Waals surface area contributed by atoms with Gasteiger partial charge in [0.2, 0.25) is 11.7 Å². The Balaban J connectivity index is 1.18. The molecule has 1 amide bonds. The molecule has 1 aliphatic heterocycles. The first kappa shape index (κ1) is 20.3. The molecule has 0 radical (unpaired) electrons. The van der Waals surface area contributed by atoms with Crippen LogP contribution >= 0.6 is 34.3 Å². The van der Waals surface area contributed by atoms with Crippen LogP contribution in [0.3, 0.4) is 0 Å². The summed E-state index contributed by atoms with van der Waals surface area (Å²) in [7, 11) is 0. The number of nitrogens with zero attached hydrogens (tertiary/aromatic N) is 5. The van der Waals surface area contributed by atoms with Crippen LogP contribution in [0.25, 0.3) is 21.3 Å². The number of hydrogen-bond acceptors (Lipinski definition) is 8. The van der Waals surface area contributed by atoms with Gasteiger partial charge in [-0.05, 0) is 23.6 Å². The summed E-state index contributed by atoms with van der Waals surface area (Å²) in [5, 5.41) is 9.31. The fourth-order valence-corrected chi connectivity index (χ4v) is 5.04. The lowest BCUT2D eigenvalue weighted by atomic mass is 10.2. The molecule has 158 valence electrons. The van der Waals surface area contributed by atoms with Crippen molar-refractivity contribution in [2.75, 3.05) is 26.2 Å². The quantitative estimate of drug-likeness (QED) is 0.425. The summed E-state index contributed by atoms with van der Waals surface area (Å²) in [6, 6.07) is 11.4. The summed E-state index contributed by atoms with van der Waals surface area (Å²) in [6.07, 6.45) is 0. The van der Waals surface area contributed by atoms with E-state index in [1.54, 1.807) is 11.3 Å². The molecule has 10 heteroatoms. The molecule has 0 bridgehead atoms. The molecule has 3 aromatic heterocycles. The van der Waals surface area contributed by atoms with Gasteiger partial charge < -0.3 is 9.42 Å². The van der Waals surface area contributed by atoms with Crippen molar-refractivity contribution in [2.24, 2.45) is 0 Å². The van der Waals surface area contributed by atoms with Crippen LogP contribution in [0, 0.1) is 0 Å². The number of thiophene rings is 1. The minimum atomic E-state index is -0.0399. The first-order valence-electron chi connectivity index (χ1n) is 9.75. The van der Waals surface area contributed by atoms with E-state index < -0.39 is 0 Å². The van der Waals surface area contributed by atoms with E-state index >= 15 is 0 Å². The molecule has 1 fully saturated rings. The van der Waals surface area contributed by atoms with Gasteiger partial charge in [0.15, 0.2) is 0 Å². The summed E-state index contributed by atoms with van der Waals surface area (Å²) in [6.45, 7) is 3.33. The van der Waals surface area contributed by atoms with Crippen LogP contribution in [0.1, 0.15) is 16.4 Å². The maximum Gasteiger partial charge on any atom is 0.273 e. The van der Waals surface area contributed by atoms with Crippen molar-refractivity contribution in [3.63, 3.8) is 0 Å². The molecule has 5 rings (SSSR count). The highest BCUT2D eigenvalue weighted by Gasteiger charge is 2.25. The molecule has 0 aliphatic carbocycles. The van der Waals surface area contributed by atoms with E-state index in [1.165, 1.54) is 11.3 Å². The molecular weight excluding hydrogens is 454 g/mol. The largest absolute Gasteiger partial charge is 0.338 e. The Morgan fingerprint density at radius 1 is 1.10 bits per heavy atom. The van der Waals surface area contributed by atoms with Gasteiger partial charge in [-0.1, -0.05) is 35.0 Å². The second-order valence-corrected chi connectivity index (χ2v) is 9.35. The Labute approximate surface area is 191 Å². The number of benzene rings is 1. The second-order valence-electron chi connectivity index (χ2n) is 7.11. The van der Waals surface area contributed by atoms with Crippen LogP contribution in [0.15, 0.2) is 51.7 Å². The van der Waals surface area contributed by atoms with Gasteiger partial charge in [0.1, 0.15) is 10.7 Å². The number of halogens is 1. The number of hydrogen-bond donors (Lipinski definition) is 0. The molecule has 0 saturated carbocycles. The van der Waals surface area contributed by atoms with Gasteiger partial charge in [-0.3, -0.25) is 9.69 Å². The zero-order chi connectivity index (χ0) is 21.2. The molecule has 1 aromatic carbocycles. The van der Waals surface area contributed by atoms with E-state index in [-0.39, 0.29) is 5.91 Å². The molecule has 4 aromatic rings. The lowest BCUT2D eigenvalue weighted by Gasteiger charge is -2.33. The van der Waals surface area contributed by atoms with Gasteiger partial charge in [-0.2, -0.15) is 4.98 Å². The lowest BCUT2D eigenvalue weighted by molar-refractivity contribution is 0.0610. The highest BCUT2D eigenvalue weighted by atomic mass is 35.5. The zero-order valence-corrected chi connectivity index (χ0v) is 18.8. The minimum absolute atomic E-state index is 0.0399. The molecule has 0 unspecified atom stereocenters. The smallest absolute Gasteiger partial charge is 0.273 e. The van der Waals surface area contributed by atoms with Gasteiger partial charge in [0, 0.05) is 42.1 Å². The van der Waals surface area contributed by atoms with Gasteiger partial charge in [0.25, 0.3) is 5.91 Å². The van der Waals surface area contributed by atoms with Crippen LogP contribution in [-0.4, -0.2) is 57.0 Å². The maximum atomic E-state index is 12.9. The number of rotatable bonds is 5. The van der Waals surface area contributed by atoms with Crippen LogP contribution in [0.4, 0.5) is 0 Å². The minimum Gasteiger partial charge on any atom is -0.338 e. The summed E-state index contributed by atoms with van der Waals surface area (Å²) in [5.41, 5.74) is 1.40. The summed E-state index contributed by atoms with van der Waals surface area (Å²) in [4.78, 5) is 27.0. The highest BCUT2D eigenvalue weighted by Crippen LogP contribution is 2.27. The third-order valence-corrected chi connectivity index (χ3v) is 7.02. The van der Waals surface area contributed by atoms with Crippen LogP contribution < -0.4 is 0 Å². The Hall–Kier alpha value is -2.59. The van der Waals surface area contributed by atoms with E-state index in [2.05, 4.69) is 20.0 Å². The lowest BCUT2D eigenvalue weighted by Crippen LogP contribution is -2.48. The van der Waals surface area contributed by atoms with Crippen molar-refractivity contribution in [3.8, 4) is 21.3 Å². The first-order valence-corrected chi connectivity index (χ1v) is 11.9. The second kappa shape index (κ2) is 8.88. The van der Waals surface area contributed by atoms with Crippen LogP contribution in [0.2, 0.25) is 5.02 Å². The van der Waals surface area contributed by atoms with Gasteiger partial charge >= 0.3 is 0 Å². The molecular formula is C21H18ClN5O2S2. The van der Waals surface area contributed by atoms with E-state index in [1.807, 2.05) is 52.1 Å². The number of carbonyl (C=O) groups is 1. The first-order chi connectivity index (χ1) is 15.2. The summed E-state index contributed by atoms with van der Waals surface area (Å²) >= 11 is 9.10. The van der Waals surface area contributed by atoms with Crippen molar-refractivity contribution < 1.29 is 9.32 Å². The van der Waals surface area contributed by atoms with Crippen molar-refractivity contribution >= 4 is 40.2 Å². The average Bonchev–Trinajstić information content (AvgIpc) is 3.55. The molecule has 1 saturated heterocycles. The summed E-state index contributed by atoms with van der Waals surface area (Å²) in [5.74, 6) is 1.17. The monoisotopic (exact) mass is 471 g/mol. The fraction of sp³-hybridized carbons (Fsp3) is 0.238. The maximum absolute atomic E-state index is 12.9. The number of aromatic nitrogens is 3. The normalized spacial score (nSPS) is 14.8. The van der Waals surface area contributed by atoms with E-state index in [0.717, 1.165) is 28.5 Å². The predicted octanol–water partition coefficient (Wildman–Crippen LogP) is 4.53. The van der Waals surface area contributed by atoms with Crippen molar-refractivity contribution in [1.82, 2.24) is 24.9 Å². The molecule has 0 N–H and O–H groups in total. The number of amides is 1. The Morgan fingerprint density at radius 2 is 1.97 bits per heavy atom. The van der Waals surface area contributed by atoms with E-state index in [4.69, 9.17) is 16.1 Å². The third kappa shape index (κ3) is 4.54. The van der Waals surface area contributed by atoms with Gasteiger partial charge in [-0.25, -0.2) is 4.98 Å². The molecule has 1 aliphatic rings. The van der Waals surface area contributed by atoms with Gasteiger partial charge in [-0.15, -0.1) is 22.7 Å². The van der Waals surface area contributed by atoms with Crippen LogP contribution in [-0.2, 0) is 6.54 Å². The highest BCUT2D eigenvalue weighted by molar-refractivity contribution is 7.13. The van der Waals surface area contributed by atoms with Gasteiger partial charge in [0.05, 0.1) is 11.4 Å². The molecule has 4 heterocycles. The summed E-state index contributed by atoms with van der Waals surface area (Å²) < 4.78 is 5.39. The average molecular weight is 472 g/mol.